The fraction of sp³-hybridized carbons (Fsp3) is 0.231. The Labute approximate surface area is 192 Å². The fourth-order valence-corrected chi connectivity index (χ4v) is 3.91. The molecule has 7 heteroatoms. The number of methoxy groups -OCH3 is 1. The Kier molecular flexibility index (Phi) is 6.90. The van der Waals surface area contributed by atoms with Gasteiger partial charge in [0.1, 0.15) is 11.5 Å². The van der Waals surface area contributed by atoms with Gasteiger partial charge in [-0.2, -0.15) is 0 Å². The minimum atomic E-state index is -0.482. The standard InChI is InChI=1S/C26H26N2O5/c1-32-24-10-3-2-8-21(24)28-26(31)17-12-14-18(15-13-17)27-25(30)16-33-23-11-5-6-19-20(23)7-4-9-22(19)29/h2-3,5-6,8,10-15,22,29H,4,7,9,16H2,1H3,(H,27,30)(H,28,31)/t22-/m0/s1. The molecular formula is C26H26N2O5. The molecule has 0 saturated heterocycles. The summed E-state index contributed by atoms with van der Waals surface area (Å²) in [6, 6.07) is 19.3. The second-order valence-corrected chi connectivity index (χ2v) is 7.80. The molecule has 1 aliphatic carbocycles. The Morgan fingerprint density at radius 3 is 2.52 bits per heavy atom. The number of carbonyl (C=O) groups excluding carboxylic acids is 2. The largest absolute Gasteiger partial charge is 0.495 e. The van der Waals surface area contributed by atoms with Gasteiger partial charge in [-0.05, 0) is 72.9 Å². The quantitative estimate of drug-likeness (QED) is 0.502. The first-order chi connectivity index (χ1) is 16.0. The number of hydrogen-bond acceptors (Lipinski definition) is 5. The number of amides is 2. The van der Waals surface area contributed by atoms with E-state index in [9.17, 15) is 14.7 Å². The molecule has 0 heterocycles. The Balaban J connectivity index is 1.33. The van der Waals surface area contributed by atoms with Crippen molar-refractivity contribution in [2.24, 2.45) is 0 Å². The normalized spacial score (nSPS) is 14.7. The maximum Gasteiger partial charge on any atom is 0.262 e. The van der Waals surface area contributed by atoms with Crippen LogP contribution >= 0.6 is 0 Å². The molecule has 0 bridgehead atoms. The van der Waals surface area contributed by atoms with Crippen molar-refractivity contribution in [1.82, 2.24) is 0 Å². The van der Waals surface area contributed by atoms with Gasteiger partial charge in [-0.25, -0.2) is 0 Å². The zero-order chi connectivity index (χ0) is 23.2. The van der Waals surface area contributed by atoms with Gasteiger partial charge < -0.3 is 25.2 Å². The molecule has 7 nitrogen and oxygen atoms in total. The lowest BCUT2D eigenvalue weighted by molar-refractivity contribution is -0.118. The van der Waals surface area contributed by atoms with E-state index < -0.39 is 6.10 Å². The first-order valence-electron chi connectivity index (χ1n) is 10.8. The number of anilines is 2. The van der Waals surface area contributed by atoms with Gasteiger partial charge in [0, 0.05) is 11.3 Å². The van der Waals surface area contributed by atoms with Crippen molar-refractivity contribution in [1.29, 1.82) is 0 Å². The summed E-state index contributed by atoms with van der Waals surface area (Å²) in [6.45, 7) is -0.150. The summed E-state index contributed by atoms with van der Waals surface area (Å²) >= 11 is 0. The number of ether oxygens (including phenoxy) is 2. The van der Waals surface area contributed by atoms with Crippen LogP contribution in [0.15, 0.2) is 66.7 Å². The highest BCUT2D eigenvalue weighted by molar-refractivity contribution is 6.05. The van der Waals surface area contributed by atoms with Crippen LogP contribution < -0.4 is 20.1 Å². The number of para-hydroxylation sites is 2. The Hall–Kier alpha value is -3.84. The average Bonchev–Trinajstić information content (AvgIpc) is 2.84. The molecule has 3 aromatic rings. The van der Waals surface area contributed by atoms with Crippen molar-refractivity contribution in [3.63, 3.8) is 0 Å². The minimum Gasteiger partial charge on any atom is -0.495 e. The van der Waals surface area contributed by atoms with Crippen molar-refractivity contribution >= 4 is 23.2 Å². The van der Waals surface area contributed by atoms with Gasteiger partial charge in [-0.15, -0.1) is 0 Å². The molecule has 1 atom stereocenters. The monoisotopic (exact) mass is 446 g/mol. The predicted molar refractivity (Wildman–Crippen MR) is 126 cm³/mol. The second kappa shape index (κ2) is 10.2. The summed E-state index contributed by atoms with van der Waals surface area (Å²) in [5.74, 6) is 0.612. The number of hydrogen-bond donors (Lipinski definition) is 3. The van der Waals surface area contributed by atoms with E-state index in [1.165, 1.54) is 0 Å². The molecule has 0 saturated carbocycles. The van der Waals surface area contributed by atoms with E-state index in [0.717, 1.165) is 30.4 Å². The first kappa shape index (κ1) is 22.4. The van der Waals surface area contributed by atoms with Crippen LogP contribution in [0, 0.1) is 0 Å². The van der Waals surface area contributed by atoms with E-state index in [0.29, 0.717) is 28.4 Å². The molecule has 0 radical (unpaired) electrons. The Bertz CT molecular complexity index is 1140. The lowest BCUT2D eigenvalue weighted by Gasteiger charge is -2.23. The van der Waals surface area contributed by atoms with Crippen LogP contribution in [0.2, 0.25) is 0 Å². The van der Waals surface area contributed by atoms with Gasteiger partial charge in [-0.3, -0.25) is 9.59 Å². The van der Waals surface area contributed by atoms with Crippen molar-refractivity contribution in [2.45, 2.75) is 25.4 Å². The number of aliphatic hydroxyl groups is 1. The van der Waals surface area contributed by atoms with Crippen LogP contribution in [-0.2, 0) is 11.2 Å². The Morgan fingerprint density at radius 2 is 1.73 bits per heavy atom. The van der Waals surface area contributed by atoms with Gasteiger partial charge in [0.05, 0.1) is 18.9 Å². The van der Waals surface area contributed by atoms with Crippen LogP contribution in [0.25, 0.3) is 0 Å². The lowest BCUT2D eigenvalue weighted by atomic mass is 9.89. The average molecular weight is 447 g/mol. The molecule has 0 aliphatic heterocycles. The number of fused-ring (bicyclic) bond motifs is 1. The molecule has 3 aromatic carbocycles. The van der Waals surface area contributed by atoms with Crippen LogP contribution in [0.3, 0.4) is 0 Å². The van der Waals surface area contributed by atoms with Crippen LogP contribution in [-0.4, -0.2) is 30.6 Å². The summed E-state index contributed by atoms with van der Waals surface area (Å²) in [5, 5.41) is 15.7. The molecule has 1 aliphatic rings. The molecule has 0 unspecified atom stereocenters. The highest BCUT2D eigenvalue weighted by Gasteiger charge is 2.21. The summed E-state index contributed by atoms with van der Waals surface area (Å²) in [6.07, 6.45) is 1.97. The van der Waals surface area contributed by atoms with E-state index in [4.69, 9.17) is 9.47 Å². The molecule has 0 aromatic heterocycles. The molecule has 3 N–H and O–H groups in total. The molecule has 4 rings (SSSR count). The summed E-state index contributed by atoms with van der Waals surface area (Å²) in [5.41, 5.74) is 3.43. The van der Waals surface area contributed by atoms with Crippen molar-refractivity contribution in [3.8, 4) is 11.5 Å². The molecule has 2 amide bonds. The van der Waals surface area contributed by atoms with Gasteiger partial charge in [-0.1, -0.05) is 24.3 Å². The van der Waals surface area contributed by atoms with Crippen LogP contribution in [0.1, 0.15) is 40.4 Å². The first-order valence-corrected chi connectivity index (χ1v) is 10.8. The molecule has 0 fully saturated rings. The molecule has 0 spiro atoms. The summed E-state index contributed by atoms with van der Waals surface area (Å²) in [7, 11) is 1.54. The predicted octanol–water partition coefficient (Wildman–Crippen LogP) is 4.33. The Morgan fingerprint density at radius 1 is 0.970 bits per heavy atom. The second-order valence-electron chi connectivity index (χ2n) is 7.80. The van der Waals surface area contributed by atoms with Crippen molar-refractivity contribution < 1.29 is 24.2 Å². The number of benzene rings is 3. The third-order valence-electron chi connectivity index (χ3n) is 5.58. The third-order valence-corrected chi connectivity index (χ3v) is 5.58. The third kappa shape index (κ3) is 5.32. The minimum absolute atomic E-state index is 0.150. The molecule has 170 valence electrons. The van der Waals surface area contributed by atoms with Gasteiger partial charge in [0.15, 0.2) is 6.61 Å². The highest BCUT2D eigenvalue weighted by Crippen LogP contribution is 2.35. The number of carbonyl (C=O) groups is 2. The SMILES string of the molecule is COc1ccccc1NC(=O)c1ccc(NC(=O)COc2cccc3c2CCC[C@@H]3O)cc1. The maximum absolute atomic E-state index is 12.5. The fourth-order valence-electron chi connectivity index (χ4n) is 3.91. The number of rotatable bonds is 7. The summed E-state index contributed by atoms with van der Waals surface area (Å²) in [4.78, 5) is 24.9. The van der Waals surface area contributed by atoms with Crippen LogP contribution in [0.5, 0.6) is 11.5 Å². The highest BCUT2D eigenvalue weighted by atomic mass is 16.5. The van der Waals surface area contributed by atoms with E-state index >= 15 is 0 Å². The summed E-state index contributed by atoms with van der Waals surface area (Å²) < 4.78 is 11.0. The molecular weight excluding hydrogens is 420 g/mol. The van der Waals surface area contributed by atoms with Gasteiger partial charge in [0.2, 0.25) is 0 Å². The van der Waals surface area contributed by atoms with E-state index in [-0.39, 0.29) is 18.4 Å². The molecule has 33 heavy (non-hydrogen) atoms. The van der Waals surface area contributed by atoms with E-state index in [1.54, 1.807) is 43.5 Å². The topological polar surface area (TPSA) is 96.9 Å². The smallest absolute Gasteiger partial charge is 0.262 e. The van der Waals surface area contributed by atoms with Gasteiger partial charge >= 0.3 is 0 Å². The van der Waals surface area contributed by atoms with Gasteiger partial charge in [0.25, 0.3) is 11.8 Å². The maximum atomic E-state index is 12.5. The van der Waals surface area contributed by atoms with E-state index in [2.05, 4.69) is 10.6 Å². The number of aliphatic hydroxyl groups excluding tert-OH is 1. The zero-order valence-electron chi connectivity index (χ0n) is 18.3. The lowest BCUT2D eigenvalue weighted by Crippen LogP contribution is -2.21. The number of nitrogens with one attached hydrogen (secondary N) is 2. The zero-order valence-corrected chi connectivity index (χ0v) is 18.3. The van der Waals surface area contributed by atoms with E-state index in [1.807, 2.05) is 30.3 Å². The van der Waals surface area contributed by atoms with Crippen molar-refractivity contribution in [2.75, 3.05) is 24.4 Å². The van der Waals surface area contributed by atoms with Crippen LogP contribution in [0.4, 0.5) is 11.4 Å². The van der Waals surface area contributed by atoms with Crippen molar-refractivity contribution in [3.05, 3.63) is 83.4 Å².